The van der Waals surface area contributed by atoms with Crippen molar-refractivity contribution in [2.75, 3.05) is 13.1 Å². The summed E-state index contributed by atoms with van der Waals surface area (Å²) in [5, 5.41) is 2.07. The average molecular weight is 246 g/mol. The van der Waals surface area contributed by atoms with Crippen molar-refractivity contribution in [3.63, 3.8) is 0 Å². The van der Waals surface area contributed by atoms with Crippen molar-refractivity contribution >= 4 is 5.91 Å². The van der Waals surface area contributed by atoms with Gasteiger partial charge in [0.1, 0.15) is 0 Å². The number of rotatable bonds is 4. The molecular formula is C15H22N2O. The van der Waals surface area contributed by atoms with Gasteiger partial charge in [-0.15, -0.1) is 0 Å². The lowest BCUT2D eigenvalue weighted by atomic mass is 9.96. The summed E-state index contributed by atoms with van der Waals surface area (Å²) in [7, 11) is 0. The summed E-state index contributed by atoms with van der Waals surface area (Å²) < 4.78 is 0. The van der Waals surface area contributed by atoms with Crippen molar-refractivity contribution < 1.29 is 4.79 Å². The number of benzene rings is 1. The van der Waals surface area contributed by atoms with Crippen LogP contribution < -0.4 is 5.43 Å². The highest BCUT2D eigenvalue weighted by Gasteiger charge is 2.21. The van der Waals surface area contributed by atoms with Crippen LogP contribution >= 0.6 is 0 Å². The predicted octanol–water partition coefficient (Wildman–Crippen LogP) is 2.70. The molecule has 3 heteroatoms. The van der Waals surface area contributed by atoms with Gasteiger partial charge >= 0.3 is 0 Å². The standard InChI is InChI=1S/C15H22N2O/c1-2-14(13-9-5-3-6-10-13)15(18)16-17-11-7-4-8-12-17/h3,5-6,9-10,14H,2,4,7-8,11-12H2,1H3,(H,16,18). The molecule has 1 unspecified atom stereocenters. The minimum atomic E-state index is -0.0341. The fourth-order valence-corrected chi connectivity index (χ4v) is 2.50. The first-order valence-electron chi connectivity index (χ1n) is 6.91. The lowest BCUT2D eigenvalue weighted by Gasteiger charge is -2.28. The highest BCUT2D eigenvalue weighted by molar-refractivity contribution is 5.83. The first kappa shape index (κ1) is 13.1. The largest absolute Gasteiger partial charge is 0.288 e. The Hall–Kier alpha value is -1.35. The molecular weight excluding hydrogens is 224 g/mol. The van der Waals surface area contributed by atoms with Crippen LogP contribution in [0.5, 0.6) is 0 Å². The molecule has 98 valence electrons. The van der Waals surface area contributed by atoms with Crippen LogP contribution in [0.25, 0.3) is 0 Å². The molecule has 1 aliphatic heterocycles. The van der Waals surface area contributed by atoms with Crippen LogP contribution in [0.4, 0.5) is 0 Å². The lowest BCUT2D eigenvalue weighted by Crippen LogP contribution is -2.46. The van der Waals surface area contributed by atoms with E-state index in [2.05, 4.69) is 17.4 Å². The Bertz CT molecular complexity index is 371. The van der Waals surface area contributed by atoms with E-state index in [1.54, 1.807) is 0 Å². The molecule has 2 rings (SSSR count). The SMILES string of the molecule is CCC(C(=O)NN1CCCCC1)c1ccccc1. The van der Waals surface area contributed by atoms with Crippen LogP contribution in [0, 0.1) is 0 Å². The summed E-state index contributed by atoms with van der Waals surface area (Å²) in [6.07, 6.45) is 4.48. The number of amides is 1. The highest BCUT2D eigenvalue weighted by atomic mass is 16.2. The molecule has 0 bridgehead atoms. The maximum atomic E-state index is 12.3. The van der Waals surface area contributed by atoms with Gasteiger partial charge in [-0.2, -0.15) is 0 Å². The van der Waals surface area contributed by atoms with E-state index in [-0.39, 0.29) is 11.8 Å². The Kier molecular flexibility index (Phi) is 4.76. The molecule has 0 saturated carbocycles. The molecule has 1 saturated heterocycles. The zero-order valence-electron chi connectivity index (χ0n) is 11.1. The number of hydrogen-bond acceptors (Lipinski definition) is 2. The van der Waals surface area contributed by atoms with Gasteiger partial charge in [0.25, 0.3) is 0 Å². The highest BCUT2D eigenvalue weighted by Crippen LogP contribution is 2.19. The molecule has 1 amide bonds. The van der Waals surface area contributed by atoms with E-state index in [0.717, 1.165) is 25.1 Å². The minimum Gasteiger partial charge on any atom is -0.288 e. The van der Waals surface area contributed by atoms with E-state index in [4.69, 9.17) is 0 Å². The van der Waals surface area contributed by atoms with E-state index in [0.29, 0.717) is 0 Å². The summed E-state index contributed by atoms with van der Waals surface area (Å²) >= 11 is 0. The molecule has 0 aliphatic carbocycles. The van der Waals surface area contributed by atoms with Crippen molar-refractivity contribution in [2.45, 2.75) is 38.5 Å². The van der Waals surface area contributed by atoms with Crippen LogP contribution in [0.1, 0.15) is 44.1 Å². The molecule has 3 nitrogen and oxygen atoms in total. The summed E-state index contributed by atoms with van der Waals surface area (Å²) in [5.74, 6) is 0.0960. The van der Waals surface area contributed by atoms with E-state index >= 15 is 0 Å². The first-order chi connectivity index (χ1) is 8.81. The fraction of sp³-hybridized carbons (Fsp3) is 0.533. The van der Waals surface area contributed by atoms with Crippen LogP contribution in [0.2, 0.25) is 0 Å². The summed E-state index contributed by atoms with van der Waals surface area (Å²) in [6, 6.07) is 10.0. The number of hydrogen-bond donors (Lipinski definition) is 1. The Morgan fingerprint density at radius 2 is 1.89 bits per heavy atom. The van der Waals surface area contributed by atoms with Crippen LogP contribution in [0.3, 0.4) is 0 Å². The van der Waals surface area contributed by atoms with Gasteiger partial charge in [-0.1, -0.05) is 43.7 Å². The van der Waals surface area contributed by atoms with Gasteiger partial charge in [0.05, 0.1) is 5.92 Å². The molecule has 1 heterocycles. The smallest absolute Gasteiger partial charge is 0.241 e. The molecule has 1 aromatic rings. The molecule has 1 atom stereocenters. The number of nitrogens with zero attached hydrogens (tertiary/aromatic N) is 1. The Morgan fingerprint density at radius 1 is 1.22 bits per heavy atom. The normalized spacial score (nSPS) is 18.3. The molecule has 1 N–H and O–H groups in total. The van der Waals surface area contributed by atoms with Gasteiger partial charge in [-0.05, 0) is 24.8 Å². The monoisotopic (exact) mass is 246 g/mol. The molecule has 1 aromatic carbocycles. The van der Waals surface area contributed by atoms with Crippen LogP contribution in [-0.2, 0) is 4.79 Å². The van der Waals surface area contributed by atoms with Gasteiger partial charge in [0.15, 0.2) is 0 Å². The summed E-state index contributed by atoms with van der Waals surface area (Å²) in [4.78, 5) is 12.3. The Balaban J connectivity index is 1.97. The van der Waals surface area contributed by atoms with Crippen molar-refractivity contribution in [3.05, 3.63) is 35.9 Å². The second kappa shape index (κ2) is 6.55. The Morgan fingerprint density at radius 3 is 2.50 bits per heavy atom. The zero-order chi connectivity index (χ0) is 12.8. The van der Waals surface area contributed by atoms with E-state index in [9.17, 15) is 4.79 Å². The molecule has 0 spiro atoms. The fourth-order valence-electron chi connectivity index (χ4n) is 2.50. The topological polar surface area (TPSA) is 32.3 Å². The van der Waals surface area contributed by atoms with Gasteiger partial charge in [-0.25, -0.2) is 5.01 Å². The average Bonchev–Trinajstić information content (AvgIpc) is 2.42. The molecule has 0 aromatic heterocycles. The van der Waals surface area contributed by atoms with E-state index < -0.39 is 0 Å². The molecule has 1 fully saturated rings. The van der Waals surface area contributed by atoms with Gasteiger partial charge in [0, 0.05) is 13.1 Å². The Labute approximate surface area is 109 Å². The van der Waals surface area contributed by atoms with E-state index in [1.165, 1.54) is 19.3 Å². The van der Waals surface area contributed by atoms with Crippen molar-refractivity contribution in [1.29, 1.82) is 0 Å². The zero-order valence-corrected chi connectivity index (χ0v) is 11.1. The number of hydrazine groups is 1. The molecule has 0 radical (unpaired) electrons. The number of carbonyl (C=O) groups is 1. The number of carbonyl (C=O) groups excluding carboxylic acids is 1. The van der Waals surface area contributed by atoms with Crippen LogP contribution in [0.15, 0.2) is 30.3 Å². The summed E-state index contributed by atoms with van der Waals surface area (Å²) in [6.45, 7) is 4.03. The molecule has 18 heavy (non-hydrogen) atoms. The first-order valence-corrected chi connectivity index (χ1v) is 6.91. The molecule has 1 aliphatic rings. The van der Waals surface area contributed by atoms with Crippen molar-refractivity contribution in [3.8, 4) is 0 Å². The lowest BCUT2D eigenvalue weighted by molar-refractivity contribution is -0.128. The van der Waals surface area contributed by atoms with Gasteiger partial charge in [0.2, 0.25) is 5.91 Å². The third-order valence-electron chi connectivity index (χ3n) is 3.55. The third-order valence-corrected chi connectivity index (χ3v) is 3.55. The van der Waals surface area contributed by atoms with Gasteiger partial charge < -0.3 is 0 Å². The second-order valence-electron chi connectivity index (χ2n) is 4.90. The quantitative estimate of drug-likeness (QED) is 0.886. The second-order valence-corrected chi connectivity index (χ2v) is 4.90. The third kappa shape index (κ3) is 3.33. The predicted molar refractivity (Wildman–Crippen MR) is 73.0 cm³/mol. The van der Waals surface area contributed by atoms with Crippen molar-refractivity contribution in [2.24, 2.45) is 0 Å². The minimum absolute atomic E-state index is 0.0341. The maximum absolute atomic E-state index is 12.3. The van der Waals surface area contributed by atoms with E-state index in [1.807, 2.05) is 30.3 Å². The van der Waals surface area contributed by atoms with Gasteiger partial charge in [-0.3, -0.25) is 10.2 Å². The van der Waals surface area contributed by atoms with Crippen molar-refractivity contribution in [1.82, 2.24) is 10.4 Å². The number of piperidine rings is 1. The van der Waals surface area contributed by atoms with Crippen LogP contribution in [-0.4, -0.2) is 24.0 Å². The summed E-state index contributed by atoms with van der Waals surface area (Å²) in [5.41, 5.74) is 4.17. The number of nitrogens with one attached hydrogen (secondary N) is 1. The maximum Gasteiger partial charge on any atom is 0.241 e.